The van der Waals surface area contributed by atoms with Crippen LogP contribution in [-0.2, 0) is 19.4 Å². The summed E-state index contributed by atoms with van der Waals surface area (Å²) >= 11 is 0. The third-order valence-electron chi connectivity index (χ3n) is 3.46. The number of benzene rings is 1. The van der Waals surface area contributed by atoms with Crippen molar-refractivity contribution in [2.45, 2.75) is 32.2 Å². The van der Waals surface area contributed by atoms with Crippen molar-refractivity contribution in [3.05, 3.63) is 29.3 Å². The fourth-order valence-electron chi connectivity index (χ4n) is 2.69. The molecule has 0 saturated heterocycles. The Hall–Kier alpha value is -1.42. The quantitative estimate of drug-likeness (QED) is 0.862. The van der Waals surface area contributed by atoms with Gasteiger partial charge >= 0.3 is 0 Å². The zero-order valence-corrected chi connectivity index (χ0v) is 9.75. The Balaban J connectivity index is 2.30. The molecule has 1 aliphatic rings. The van der Waals surface area contributed by atoms with Crippen molar-refractivity contribution in [1.82, 2.24) is 9.55 Å². The van der Waals surface area contributed by atoms with Crippen LogP contribution in [0.5, 0.6) is 0 Å². The van der Waals surface area contributed by atoms with Crippen molar-refractivity contribution in [2.24, 2.45) is 5.73 Å². The number of rotatable bonds is 2. The Morgan fingerprint density at radius 2 is 2.24 bits per heavy atom. The summed E-state index contributed by atoms with van der Waals surface area (Å²) in [4.78, 5) is 4.57. The lowest BCUT2D eigenvalue weighted by Gasteiger charge is -2.06. The second-order valence-corrected chi connectivity index (χ2v) is 4.57. The molecule has 0 amide bonds. The van der Waals surface area contributed by atoms with E-state index in [1.54, 1.807) is 6.07 Å². The summed E-state index contributed by atoms with van der Waals surface area (Å²) in [6.07, 6.45) is 3.70. The fourth-order valence-corrected chi connectivity index (χ4v) is 2.69. The molecule has 4 heteroatoms. The average molecular weight is 233 g/mol. The normalized spacial score (nSPS) is 15.2. The lowest BCUT2D eigenvalue weighted by molar-refractivity contribution is 0.597. The van der Waals surface area contributed by atoms with Crippen molar-refractivity contribution in [3.63, 3.8) is 0 Å². The monoisotopic (exact) mass is 233 g/mol. The van der Waals surface area contributed by atoms with Gasteiger partial charge in [0.1, 0.15) is 11.6 Å². The molecule has 3 nitrogen and oxygen atoms in total. The highest BCUT2D eigenvalue weighted by atomic mass is 19.1. The molecule has 0 spiro atoms. The molecule has 0 unspecified atom stereocenters. The van der Waals surface area contributed by atoms with E-state index in [1.807, 2.05) is 0 Å². The van der Waals surface area contributed by atoms with Crippen molar-refractivity contribution in [2.75, 3.05) is 6.54 Å². The first-order chi connectivity index (χ1) is 8.31. The van der Waals surface area contributed by atoms with E-state index in [4.69, 9.17) is 5.73 Å². The van der Waals surface area contributed by atoms with Crippen LogP contribution >= 0.6 is 0 Å². The van der Waals surface area contributed by atoms with E-state index in [1.165, 1.54) is 6.07 Å². The van der Waals surface area contributed by atoms with E-state index in [0.717, 1.165) is 54.6 Å². The lowest BCUT2D eigenvalue weighted by Crippen LogP contribution is -2.10. The fraction of sp³-hybridized carbons (Fsp3) is 0.462. The van der Waals surface area contributed by atoms with Crippen LogP contribution < -0.4 is 5.73 Å². The van der Waals surface area contributed by atoms with E-state index < -0.39 is 0 Å². The number of hydrogen-bond donors (Lipinski definition) is 1. The van der Waals surface area contributed by atoms with Crippen LogP contribution in [0, 0.1) is 5.82 Å². The highest BCUT2D eigenvalue weighted by molar-refractivity contribution is 5.80. The van der Waals surface area contributed by atoms with Crippen molar-refractivity contribution in [1.29, 1.82) is 0 Å². The molecule has 3 rings (SSSR count). The van der Waals surface area contributed by atoms with Gasteiger partial charge in [0.2, 0.25) is 0 Å². The molecular formula is C13H16FN3. The smallest absolute Gasteiger partial charge is 0.128 e. The predicted molar refractivity (Wildman–Crippen MR) is 65.4 cm³/mol. The number of aryl methyl sites for hydroxylation is 2. The largest absolute Gasteiger partial charge is 0.330 e. The van der Waals surface area contributed by atoms with Crippen LogP contribution in [0.25, 0.3) is 11.0 Å². The second kappa shape index (κ2) is 4.11. The average Bonchev–Trinajstić information content (AvgIpc) is 2.53. The summed E-state index contributed by atoms with van der Waals surface area (Å²) in [6, 6.07) is 3.31. The van der Waals surface area contributed by atoms with Crippen molar-refractivity contribution >= 4 is 11.0 Å². The van der Waals surface area contributed by atoms with Crippen molar-refractivity contribution in [3.8, 4) is 0 Å². The summed E-state index contributed by atoms with van der Waals surface area (Å²) < 4.78 is 16.0. The summed E-state index contributed by atoms with van der Waals surface area (Å²) in [5, 5.41) is 0. The van der Waals surface area contributed by atoms with Gasteiger partial charge in [-0.2, -0.15) is 0 Å². The van der Waals surface area contributed by atoms with E-state index >= 15 is 0 Å². The molecule has 0 atom stereocenters. The van der Waals surface area contributed by atoms with Crippen LogP contribution in [0.1, 0.15) is 24.2 Å². The second-order valence-electron chi connectivity index (χ2n) is 4.57. The van der Waals surface area contributed by atoms with E-state index in [2.05, 4.69) is 9.55 Å². The standard InChI is InChI=1S/C13H16FN3/c14-10-4-5-11-13-9(10)3-1-2-8-17(13)12(16-11)6-7-15/h4-5H,1-3,6-8,15H2. The third kappa shape index (κ3) is 1.63. The molecule has 2 N–H and O–H groups in total. The van der Waals surface area contributed by atoms with Gasteiger partial charge < -0.3 is 10.3 Å². The molecule has 1 aliphatic heterocycles. The van der Waals surface area contributed by atoms with Gasteiger partial charge in [0.25, 0.3) is 0 Å². The van der Waals surface area contributed by atoms with Gasteiger partial charge in [-0.1, -0.05) is 0 Å². The molecule has 17 heavy (non-hydrogen) atoms. The maximum atomic E-state index is 13.8. The topological polar surface area (TPSA) is 43.8 Å². The molecule has 0 bridgehead atoms. The van der Waals surface area contributed by atoms with Gasteiger partial charge in [-0.3, -0.25) is 0 Å². The Morgan fingerprint density at radius 1 is 1.35 bits per heavy atom. The van der Waals surface area contributed by atoms with Crippen LogP contribution in [-0.4, -0.2) is 16.1 Å². The van der Waals surface area contributed by atoms with Gasteiger partial charge in [0.15, 0.2) is 0 Å². The Labute approximate surface area is 99.4 Å². The SMILES string of the molecule is NCCc1nc2ccc(F)c3c2n1CCCC3. The molecule has 1 aromatic carbocycles. The zero-order valence-electron chi connectivity index (χ0n) is 9.75. The van der Waals surface area contributed by atoms with E-state index in [9.17, 15) is 4.39 Å². The molecule has 2 aromatic rings. The molecule has 90 valence electrons. The highest BCUT2D eigenvalue weighted by Crippen LogP contribution is 2.28. The number of aromatic nitrogens is 2. The molecule has 0 radical (unpaired) electrons. The minimum atomic E-state index is -0.0974. The molecule has 1 aromatic heterocycles. The van der Waals surface area contributed by atoms with Gasteiger partial charge in [-0.15, -0.1) is 0 Å². The van der Waals surface area contributed by atoms with E-state index in [0.29, 0.717) is 6.54 Å². The van der Waals surface area contributed by atoms with Gasteiger partial charge in [-0.05, 0) is 37.9 Å². The molecule has 2 heterocycles. The lowest BCUT2D eigenvalue weighted by atomic mass is 10.1. The maximum Gasteiger partial charge on any atom is 0.128 e. The predicted octanol–water partition coefficient (Wildman–Crippen LogP) is 2.01. The van der Waals surface area contributed by atoms with Crippen LogP contribution in [0.15, 0.2) is 12.1 Å². The summed E-state index contributed by atoms with van der Waals surface area (Å²) in [5.74, 6) is 0.899. The Bertz CT molecular complexity index is 559. The van der Waals surface area contributed by atoms with Gasteiger partial charge in [0.05, 0.1) is 11.0 Å². The number of nitrogens with zero attached hydrogens (tertiary/aromatic N) is 2. The summed E-state index contributed by atoms with van der Waals surface area (Å²) in [6.45, 7) is 1.52. The van der Waals surface area contributed by atoms with Gasteiger partial charge in [0, 0.05) is 18.5 Å². The Morgan fingerprint density at radius 3 is 3.06 bits per heavy atom. The summed E-state index contributed by atoms with van der Waals surface area (Å²) in [5.41, 5.74) is 8.33. The number of nitrogens with two attached hydrogens (primary N) is 1. The minimum absolute atomic E-state index is 0.0974. The van der Waals surface area contributed by atoms with Crippen LogP contribution in [0.4, 0.5) is 4.39 Å². The first kappa shape index (κ1) is 10.7. The first-order valence-electron chi connectivity index (χ1n) is 6.18. The first-order valence-corrected chi connectivity index (χ1v) is 6.18. The summed E-state index contributed by atoms with van der Waals surface area (Å²) in [7, 11) is 0. The van der Waals surface area contributed by atoms with Crippen molar-refractivity contribution < 1.29 is 4.39 Å². The number of hydrogen-bond acceptors (Lipinski definition) is 2. The molecule has 0 saturated carbocycles. The van der Waals surface area contributed by atoms with Crippen LogP contribution in [0.3, 0.4) is 0 Å². The van der Waals surface area contributed by atoms with E-state index in [-0.39, 0.29) is 5.82 Å². The third-order valence-corrected chi connectivity index (χ3v) is 3.46. The van der Waals surface area contributed by atoms with Gasteiger partial charge in [-0.25, -0.2) is 9.37 Å². The molecule has 0 fully saturated rings. The minimum Gasteiger partial charge on any atom is -0.330 e. The number of halogens is 1. The maximum absolute atomic E-state index is 13.8. The molecule has 0 aliphatic carbocycles. The highest BCUT2D eigenvalue weighted by Gasteiger charge is 2.18. The Kier molecular flexibility index (Phi) is 2.59. The zero-order chi connectivity index (χ0) is 11.8. The number of imidazole rings is 1. The molecular weight excluding hydrogens is 217 g/mol. The van der Waals surface area contributed by atoms with Crippen LogP contribution in [0.2, 0.25) is 0 Å².